The van der Waals surface area contributed by atoms with Crippen LogP contribution >= 0.6 is 17.0 Å². The van der Waals surface area contributed by atoms with E-state index in [0.29, 0.717) is 77.1 Å². The predicted molar refractivity (Wildman–Crippen MR) is 233 cm³/mol. The van der Waals surface area contributed by atoms with Gasteiger partial charge in [0.2, 0.25) is 8.38 Å². The van der Waals surface area contributed by atoms with Crippen LogP contribution in [0.3, 0.4) is 0 Å². The van der Waals surface area contributed by atoms with Crippen LogP contribution in [0.15, 0.2) is 147 Å². The number of carbonyl (C=O) groups excluding carboxylic acids is 4. The second kappa shape index (κ2) is 27.4. The minimum Gasteiger partial charge on any atom is -0.453 e. The van der Waals surface area contributed by atoms with E-state index < -0.39 is 17.0 Å². The molecule has 6 rings (SSSR count). The fourth-order valence-electron chi connectivity index (χ4n) is 4.68. The third kappa shape index (κ3) is 15.4. The Bertz CT molecular complexity index is 2030. The van der Waals surface area contributed by atoms with Gasteiger partial charge in [0.15, 0.2) is 30.4 Å². The number of fused-ring (bicyclic) bond motifs is 2. The molecule has 1 atom stereocenters. The number of benzene rings is 5. The van der Waals surface area contributed by atoms with Crippen molar-refractivity contribution in [2.75, 3.05) is 6.66 Å². The maximum atomic E-state index is 11.5. The highest BCUT2D eigenvalue weighted by Crippen LogP contribution is 2.50. The third-order valence-electron chi connectivity index (χ3n) is 7.42. The van der Waals surface area contributed by atoms with Crippen molar-refractivity contribution in [1.29, 1.82) is 0 Å². The summed E-state index contributed by atoms with van der Waals surface area (Å²) in [5, 5.41) is 0. The van der Waals surface area contributed by atoms with Crippen molar-refractivity contribution in [3.8, 4) is 34.5 Å². The standard InChI is InChI=1S/C28H21O6P.C8H9O3P.C4H6O.C4H8.C2H4/c1-19-8-6-11-20-16-21-12-7-15-26(28(21)31-27(19)20)34-35(32-24-13-4-2-9-22(24)17-29)33-25-14-5-3-10-23(25)18-30;1-12(10)11-8-5-3-2-4-7(8)6-9;1-2-3-4-5;1-3-4-2;1-2/h2-15,17-18H,16H2,1H3;2-6,10H,1H3;2,4H,1,3H2;3-4H,1-2H3;1-2H2/b;;;4-3-;. The molecular formula is C46H48O10P2. The summed E-state index contributed by atoms with van der Waals surface area (Å²) < 4.78 is 29.6. The lowest BCUT2D eigenvalue weighted by molar-refractivity contribution is -0.107. The van der Waals surface area contributed by atoms with Crippen LogP contribution in [0.25, 0.3) is 0 Å². The molecule has 5 aromatic carbocycles. The Hall–Kier alpha value is -6.18. The third-order valence-corrected chi connectivity index (χ3v) is 8.92. The van der Waals surface area contributed by atoms with Crippen LogP contribution in [0.2, 0.25) is 0 Å². The number of allylic oxidation sites excluding steroid dienone is 3. The summed E-state index contributed by atoms with van der Waals surface area (Å²) in [6.07, 6.45) is 9.66. The van der Waals surface area contributed by atoms with Crippen molar-refractivity contribution in [2.24, 2.45) is 0 Å². The number of hydrogen-bond donors (Lipinski definition) is 1. The van der Waals surface area contributed by atoms with Crippen LogP contribution in [0.4, 0.5) is 0 Å². The lowest BCUT2D eigenvalue weighted by atomic mass is 9.98. The van der Waals surface area contributed by atoms with Gasteiger partial charge in [-0.3, -0.25) is 14.4 Å². The second-order valence-corrected chi connectivity index (χ2v) is 13.6. The summed E-state index contributed by atoms with van der Waals surface area (Å²) in [4.78, 5) is 51.8. The largest absolute Gasteiger partial charge is 0.530 e. The van der Waals surface area contributed by atoms with Gasteiger partial charge >= 0.3 is 8.60 Å². The van der Waals surface area contributed by atoms with Crippen LogP contribution in [0.5, 0.6) is 34.5 Å². The maximum Gasteiger partial charge on any atom is 0.530 e. The van der Waals surface area contributed by atoms with Crippen molar-refractivity contribution >= 4 is 42.1 Å². The van der Waals surface area contributed by atoms with E-state index in [4.69, 9.17) is 27.7 Å². The maximum absolute atomic E-state index is 11.5. The molecule has 1 N–H and O–H groups in total. The number of hydrogen-bond acceptors (Lipinski definition) is 10. The molecular weight excluding hydrogens is 774 g/mol. The molecule has 10 nitrogen and oxygen atoms in total. The van der Waals surface area contributed by atoms with Gasteiger partial charge < -0.3 is 32.5 Å². The minimum atomic E-state index is -2.12. The van der Waals surface area contributed by atoms with E-state index in [1.165, 1.54) is 0 Å². The highest BCUT2D eigenvalue weighted by Gasteiger charge is 2.28. The molecule has 12 heteroatoms. The lowest BCUT2D eigenvalue weighted by Crippen LogP contribution is -2.08. The van der Waals surface area contributed by atoms with Gasteiger partial charge in [-0.1, -0.05) is 85.0 Å². The summed E-state index contributed by atoms with van der Waals surface area (Å²) >= 11 is 0. The molecule has 1 heterocycles. The summed E-state index contributed by atoms with van der Waals surface area (Å²) in [6.45, 7) is 16.9. The smallest absolute Gasteiger partial charge is 0.453 e. The van der Waals surface area contributed by atoms with Crippen LogP contribution in [0, 0.1) is 6.92 Å². The first-order valence-corrected chi connectivity index (χ1v) is 20.6. The Morgan fingerprint density at radius 2 is 1.03 bits per heavy atom. The number of rotatable bonds is 13. The fraction of sp³-hybridized carbons (Fsp3) is 0.130. The molecule has 0 saturated heterocycles. The van der Waals surface area contributed by atoms with Gasteiger partial charge in [0.05, 0.1) is 16.7 Å². The van der Waals surface area contributed by atoms with E-state index in [1.54, 1.807) is 91.6 Å². The topological polar surface area (TPSA) is 135 Å². The molecule has 58 heavy (non-hydrogen) atoms. The molecule has 0 spiro atoms. The van der Waals surface area contributed by atoms with Gasteiger partial charge in [-0.15, -0.1) is 19.7 Å². The molecule has 1 aliphatic rings. The number of aryl methyl sites for hydroxylation is 1. The molecule has 0 aliphatic carbocycles. The monoisotopic (exact) mass is 822 g/mol. The van der Waals surface area contributed by atoms with Gasteiger partial charge in [-0.25, -0.2) is 0 Å². The van der Waals surface area contributed by atoms with E-state index in [9.17, 15) is 19.2 Å². The number of ether oxygens (including phenoxy) is 1. The SMILES string of the molecule is C/C=C\C.C=C.C=CCC=O.CP(O)Oc1ccccc1C=O.Cc1cccc2c1Oc1c(cccc1OP(Oc1ccccc1C=O)Oc1ccccc1C=O)C2. The van der Waals surface area contributed by atoms with Gasteiger partial charge in [-0.2, -0.15) is 0 Å². The van der Waals surface area contributed by atoms with Crippen molar-refractivity contribution in [1.82, 2.24) is 0 Å². The average molecular weight is 823 g/mol. The number of aldehydes is 4. The lowest BCUT2D eigenvalue weighted by Gasteiger charge is -2.25. The zero-order chi connectivity index (χ0) is 42.7. The van der Waals surface area contributed by atoms with Gasteiger partial charge in [0.25, 0.3) is 0 Å². The van der Waals surface area contributed by atoms with Gasteiger partial charge in [-0.05, 0) is 74.4 Å². The molecule has 302 valence electrons. The second-order valence-electron chi connectivity index (χ2n) is 11.5. The Morgan fingerprint density at radius 3 is 1.45 bits per heavy atom. The molecule has 0 aromatic heterocycles. The van der Waals surface area contributed by atoms with Crippen LogP contribution in [0.1, 0.15) is 68.0 Å². The van der Waals surface area contributed by atoms with E-state index >= 15 is 0 Å². The molecule has 0 radical (unpaired) electrons. The van der Waals surface area contributed by atoms with Crippen molar-refractivity contribution in [2.45, 2.75) is 33.6 Å². The Morgan fingerprint density at radius 1 is 0.621 bits per heavy atom. The molecule has 0 amide bonds. The average Bonchev–Trinajstić information content (AvgIpc) is 3.25. The number of carbonyl (C=O) groups is 4. The van der Waals surface area contributed by atoms with Crippen molar-refractivity contribution in [3.63, 3.8) is 0 Å². The van der Waals surface area contributed by atoms with Crippen LogP contribution in [-0.2, 0) is 11.2 Å². The van der Waals surface area contributed by atoms with Gasteiger partial charge in [0.1, 0.15) is 29.3 Å². The molecule has 0 fully saturated rings. The molecule has 1 aliphatic heterocycles. The minimum absolute atomic E-state index is 0.309. The number of para-hydroxylation sites is 5. The summed E-state index contributed by atoms with van der Waals surface area (Å²) in [5.41, 5.74) is 4.26. The fourth-order valence-corrected chi connectivity index (χ4v) is 6.21. The van der Waals surface area contributed by atoms with E-state index in [2.05, 4.69) is 19.7 Å². The first-order chi connectivity index (χ1) is 28.2. The molecule has 0 saturated carbocycles. The zero-order valence-electron chi connectivity index (χ0n) is 33.0. The first-order valence-electron chi connectivity index (χ1n) is 17.8. The molecule has 0 bridgehead atoms. The van der Waals surface area contributed by atoms with E-state index in [-0.39, 0.29) is 0 Å². The summed E-state index contributed by atoms with van der Waals surface area (Å²) in [6, 6.07) is 32.1. The van der Waals surface area contributed by atoms with Gasteiger partial charge in [0, 0.05) is 25.1 Å². The van der Waals surface area contributed by atoms with E-state index in [1.807, 2.05) is 63.3 Å². The Kier molecular flexibility index (Phi) is 22.7. The quantitative estimate of drug-likeness (QED) is 0.0681. The Balaban J connectivity index is 0.000000414. The van der Waals surface area contributed by atoms with Crippen molar-refractivity contribution < 1.29 is 46.9 Å². The first kappa shape index (κ1) is 48.0. The molecule has 5 aromatic rings. The normalized spacial score (nSPS) is 10.8. The molecule has 1 unspecified atom stereocenters. The highest BCUT2D eigenvalue weighted by atomic mass is 31.2. The summed E-state index contributed by atoms with van der Waals surface area (Å²) in [5.74, 6) is 2.88. The van der Waals surface area contributed by atoms with Crippen LogP contribution in [-0.4, -0.2) is 36.7 Å². The van der Waals surface area contributed by atoms with Crippen LogP contribution < -0.4 is 22.8 Å². The van der Waals surface area contributed by atoms with E-state index in [0.717, 1.165) is 28.7 Å². The Labute approximate surface area is 343 Å². The van der Waals surface area contributed by atoms with Crippen molar-refractivity contribution in [3.05, 3.63) is 181 Å². The highest BCUT2D eigenvalue weighted by molar-refractivity contribution is 7.45. The predicted octanol–water partition coefficient (Wildman–Crippen LogP) is 12.0. The zero-order valence-corrected chi connectivity index (χ0v) is 34.8. The summed E-state index contributed by atoms with van der Waals surface area (Å²) in [7, 11) is -3.58.